The molecule has 0 amide bonds. The Hall–Kier alpha value is -1.56. The molecule has 0 aromatic heterocycles. The normalized spacial score (nSPS) is 15.6. The molecule has 0 spiro atoms. The fourth-order valence-electron chi connectivity index (χ4n) is 2.64. The molecule has 0 heterocycles. The highest BCUT2D eigenvalue weighted by molar-refractivity contribution is 14.1. The lowest BCUT2D eigenvalue weighted by molar-refractivity contribution is 0.306. The van der Waals surface area contributed by atoms with E-state index in [-0.39, 0.29) is 0 Å². The maximum absolute atomic E-state index is 5.90. The molecule has 2 aromatic rings. The van der Waals surface area contributed by atoms with E-state index in [1.165, 1.54) is 16.7 Å². The SMILES string of the molecule is IN/N=C1\CCCc2cc(OCc3ccccc3)ccc21. The second-order valence-corrected chi connectivity index (χ2v) is 5.57. The summed E-state index contributed by atoms with van der Waals surface area (Å²) in [5.74, 6) is 0.932. The topological polar surface area (TPSA) is 33.6 Å². The van der Waals surface area contributed by atoms with Gasteiger partial charge in [0.25, 0.3) is 0 Å². The molecule has 3 nitrogen and oxygen atoms in total. The molecule has 4 heteroatoms. The summed E-state index contributed by atoms with van der Waals surface area (Å²) in [4.78, 5) is 0. The Labute approximate surface area is 138 Å². The summed E-state index contributed by atoms with van der Waals surface area (Å²) < 4.78 is 8.76. The summed E-state index contributed by atoms with van der Waals surface area (Å²) in [6, 6.07) is 16.6. The fourth-order valence-corrected chi connectivity index (χ4v) is 2.93. The summed E-state index contributed by atoms with van der Waals surface area (Å²) in [5, 5.41) is 4.36. The quantitative estimate of drug-likeness (QED) is 0.480. The van der Waals surface area contributed by atoms with Crippen LogP contribution in [-0.2, 0) is 13.0 Å². The zero-order valence-electron chi connectivity index (χ0n) is 11.7. The number of halogens is 1. The molecule has 1 aliphatic carbocycles. The number of hydrazone groups is 1. The third-order valence-corrected chi connectivity index (χ3v) is 3.91. The molecule has 108 valence electrons. The summed E-state index contributed by atoms with van der Waals surface area (Å²) in [6.07, 6.45) is 3.28. The van der Waals surface area contributed by atoms with Crippen LogP contribution in [0.2, 0.25) is 0 Å². The Morgan fingerprint density at radius 2 is 1.95 bits per heavy atom. The van der Waals surface area contributed by atoms with Crippen molar-refractivity contribution in [3.05, 3.63) is 65.2 Å². The van der Waals surface area contributed by atoms with Crippen LogP contribution in [0, 0.1) is 0 Å². The largest absolute Gasteiger partial charge is 0.489 e. The lowest BCUT2D eigenvalue weighted by atomic mass is 9.90. The predicted molar refractivity (Wildman–Crippen MR) is 93.8 cm³/mol. The summed E-state index contributed by atoms with van der Waals surface area (Å²) in [6.45, 7) is 0.607. The Morgan fingerprint density at radius 1 is 1.10 bits per heavy atom. The second kappa shape index (κ2) is 6.93. The van der Waals surface area contributed by atoms with Crippen molar-refractivity contribution < 1.29 is 4.74 Å². The number of hydrogen-bond acceptors (Lipinski definition) is 3. The van der Waals surface area contributed by atoms with E-state index < -0.39 is 0 Å². The van der Waals surface area contributed by atoms with Gasteiger partial charge in [0.05, 0.1) is 28.6 Å². The summed E-state index contributed by atoms with van der Waals surface area (Å²) in [5.41, 5.74) is 4.90. The Morgan fingerprint density at radius 3 is 2.76 bits per heavy atom. The van der Waals surface area contributed by atoms with E-state index in [9.17, 15) is 0 Å². The number of benzene rings is 2. The first-order valence-electron chi connectivity index (χ1n) is 7.09. The number of aryl methyl sites for hydroxylation is 1. The molecule has 1 aliphatic rings. The van der Waals surface area contributed by atoms with E-state index in [0.29, 0.717) is 6.61 Å². The van der Waals surface area contributed by atoms with E-state index in [0.717, 1.165) is 30.7 Å². The molecule has 0 aliphatic heterocycles. The zero-order chi connectivity index (χ0) is 14.5. The summed E-state index contributed by atoms with van der Waals surface area (Å²) >= 11 is 2.05. The number of hydrogen-bond donors (Lipinski definition) is 1. The van der Waals surface area contributed by atoms with Crippen LogP contribution in [0.3, 0.4) is 0 Å². The van der Waals surface area contributed by atoms with Gasteiger partial charge < -0.3 is 4.74 Å². The van der Waals surface area contributed by atoms with Gasteiger partial charge in [-0.05, 0) is 48.6 Å². The molecule has 0 bridgehead atoms. The van der Waals surface area contributed by atoms with Crippen molar-refractivity contribution in [1.29, 1.82) is 0 Å². The van der Waals surface area contributed by atoms with Crippen molar-refractivity contribution in [3.8, 4) is 5.75 Å². The first-order valence-corrected chi connectivity index (χ1v) is 8.17. The molecule has 0 unspecified atom stereocenters. The van der Waals surface area contributed by atoms with Gasteiger partial charge in [0, 0.05) is 5.56 Å². The van der Waals surface area contributed by atoms with E-state index >= 15 is 0 Å². The number of fused-ring (bicyclic) bond motifs is 1. The van der Waals surface area contributed by atoms with Crippen molar-refractivity contribution in [2.24, 2.45) is 5.10 Å². The molecule has 0 fully saturated rings. The molecule has 21 heavy (non-hydrogen) atoms. The van der Waals surface area contributed by atoms with E-state index in [4.69, 9.17) is 4.74 Å². The van der Waals surface area contributed by atoms with Gasteiger partial charge in [-0.2, -0.15) is 5.10 Å². The number of rotatable bonds is 4. The Kier molecular flexibility index (Phi) is 4.75. The first-order chi connectivity index (χ1) is 10.4. The van der Waals surface area contributed by atoms with Gasteiger partial charge in [-0.25, -0.2) is 3.64 Å². The van der Waals surface area contributed by atoms with Crippen molar-refractivity contribution in [1.82, 2.24) is 3.64 Å². The minimum Gasteiger partial charge on any atom is -0.489 e. The Balaban J connectivity index is 1.75. The third-order valence-electron chi connectivity index (χ3n) is 3.67. The number of ether oxygens (including phenoxy) is 1. The van der Waals surface area contributed by atoms with Gasteiger partial charge in [-0.1, -0.05) is 30.3 Å². The lowest BCUT2D eigenvalue weighted by Crippen LogP contribution is -2.13. The van der Waals surface area contributed by atoms with Crippen molar-refractivity contribution in [2.45, 2.75) is 25.9 Å². The minimum atomic E-state index is 0.607. The van der Waals surface area contributed by atoms with Crippen molar-refractivity contribution in [3.63, 3.8) is 0 Å². The van der Waals surface area contributed by atoms with Crippen LogP contribution < -0.4 is 8.38 Å². The fraction of sp³-hybridized carbons (Fsp3) is 0.235. The predicted octanol–water partition coefficient (Wildman–Crippen LogP) is 4.25. The van der Waals surface area contributed by atoms with Crippen LogP contribution in [0.1, 0.15) is 29.5 Å². The van der Waals surface area contributed by atoms with Crippen LogP contribution >= 0.6 is 22.9 Å². The van der Waals surface area contributed by atoms with Gasteiger partial charge >= 0.3 is 0 Å². The van der Waals surface area contributed by atoms with Crippen LogP contribution in [0.15, 0.2) is 53.6 Å². The number of nitrogens with zero attached hydrogens (tertiary/aromatic N) is 1. The van der Waals surface area contributed by atoms with Crippen LogP contribution in [0.5, 0.6) is 5.75 Å². The van der Waals surface area contributed by atoms with Crippen LogP contribution in [0.25, 0.3) is 0 Å². The highest BCUT2D eigenvalue weighted by atomic mass is 127. The molecule has 3 rings (SSSR count). The standard InChI is InChI=1S/C17H17IN2O/c18-20-19-17-8-4-7-14-11-15(9-10-16(14)17)21-12-13-5-2-1-3-6-13/h1-3,5-6,9-11,20H,4,7-8,12H2/b19-17+. The molecule has 1 N–H and O–H groups in total. The first kappa shape index (κ1) is 14.4. The molecule has 0 saturated heterocycles. The maximum Gasteiger partial charge on any atom is 0.120 e. The van der Waals surface area contributed by atoms with Gasteiger partial charge in [0.15, 0.2) is 0 Å². The van der Waals surface area contributed by atoms with Crippen molar-refractivity contribution in [2.75, 3.05) is 0 Å². The number of nitrogens with one attached hydrogen (secondary N) is 1. The van der Waals surface area contributed by atoms with Gasteiger partial charge in [0.2, 0.25) is 0 Å². The third kappa shape index (κ3) is 3.56. The zero-order valence-corrected chi connectivity index (χ0v) is 13.8. The van der Waals surface area contributed by atoms with Crippen LogP contribution in [0.4, 0.5) is 0 Å². The highest BCUT2D eigenvalue weighted by Crippen LogP contribution is 2.26. The summed E-state index contributed by atoms with van der Waals surface area (Å²) in [7, 11) is 0. The van der Waals surface area contributed by atoms with E-state index in [2.05, 4.69) is 55.9 Å². The van der Waals surface area contributed by atoms with Gasteiger partial charge in [-0.15, -0.1) is 0 Å². The Bertz CT molecular complexity index is 640. The molecular weight excluding hydrogens is 375 g/mol. The average Bonchev–Trinajstić information content (AvgIpc) is 2.54. The van der Waals surface area contributed by atoms with Crippen LogP contribution in [-0.4, -0.2) is 5.71 Å². The average molecular weight is 392 g/mol. The van der Waals surface area contributed by atoms with E-state index in [1.807, 2.05) is 24.3 Å². The molecule has 0 saturated carbocycles. The van der Waals surface area contributed by atoms with Crippen molar-refractivity contribution >= 4 is 28.6 Å². The molecular formula is C17H17IN2O. The second-order valence-electron chi connectivity index (χ2n) is 5.09. The van der Waals surface area contributed by atoms with Gasteiger partial charge in [-0.3, -0.25) is 0 Å². The monoisotopic (exact) mass is 392 g/mol. The van der Waals surface area contributed by atoms with E-state index in [1.54, 1.807) is 0 Å². The lowest BCUT2D eigenvalue weighted by Gasteiger charge is -2.18. The maximum atomic E-state index is 5.90. The molecule has 0 radical (unpaired) electrons. The van der Waals surface area contributed by atoms with Gasteiger partial charge in [0.1, 0.15) is 12.4 Å². The minimum absolute atomic E-state index is 0.607. The highest BCUT2D eigenvalue weighted by Gasteiger charge is 2.16. The molecule has 0 atom stereocenters. The molecule has 2 aromatic carbocycles. The smallest absolute Gasteiger partial charge is 0.120 e.